The van der Waals surface area contributed by atoms with Gasteiger partial charge in [-0.1, -0.05) is 73.7 Å². The van der Waals surface area contributed by atoms with E-state index in [1.165, 1.54) is 10.7 Å². The van der Waals surface area contributed by atoms with Crippen LogP contribution in [0.4, 0.5) is 5.69 Å². The van der Waals surface area contributed by atoms with Crippen LogP contribution in [-0.4, -0.2) is 50.0 Å². The standard InChI is InChI=1S/C30H42ClN3O4S/c1-5-27(30(36)32-26-10-7-6-8-11-26)33(21-24-16-13-22(2)14-17-24)29(35)12-9-19-34(39(4,37)38)28-20-25(31)18-15-23(28)3/h13-18,20,26-27H,5-12,19,21H2,1-4H3,(H,32,36)/t27-/m0/s1. The summed E-state index contributed by atoms with van der Waals surface area (Å²) in [5, 5.41) is 3.64. The molecule has 1 aliphatic rings. The van der Waals surface area contributed by atoms with Crippen LogP contribution >= 0.6 is 11.6 Å². The Balaban J connectivity index is 1.77. The minimum Gasteiger partial charge on any atom is -0.352 e. The lowest BCUT2D eigenvalue weighted by molar-refractivity contribution is -0.141. The summed E-state index contributed by atoms with van der Waals surface area (Å²) < 4.78 is 26.6. The number of aryl methyl sites for hydroxylation is 2. The molecule has 2 amide bonds. The minimum absolute atomic E-state index is 0.114. The molecule has 9 heteroatoms. The molecule has 1 N–H and O–H groups in total. The molecule has 0 aromatic heterocycles. The molecule has 2 aromatic rings. The second-order valence-electron chi connectivity index (χ2n) is 10.6. The molecule has 0 heterocycles. The van der Waals surface area contributed by atoms with Crippen molar-refractivity contribution < 1.29 is 18.0 Å². The monoisotopic (exact) mass is 575 g/mol. The van der Waals surface area contributed by atoms with Gasteiger partial charge in [0, 0.05) is 30.6 Å². The van der Waals surface area contributed by atoms with Crippen LogP contribution in [0.25, 0.3) is 0 Å². The first-order valence-electron chi connectivity index (χ1n) is 13.9. The second kappa shape index (κ2) is 14.2. The molecule has 0 bridgehead atoms. The third-order valence-electron chi connectivity index (χ3n) is 7.40. The molecular formula is C30H42ClN3O4S. The summed E-state index contributed by atoms with van der Waals surface area (Å²) in [5.74, 6) is -0.283. The Hall–Kier alpha value is -2.58. The lowest BCUT2D eigenvalue weighted by atomic mass is 9.95. The number of amides is 2. The van der Waals surface area contributed by atoms with E-state index in [-0.39, 0.29) is 30.8 Å². The van der Waals surface area contributed by atoms with Gasteiger partial charge in [-0.3, -0.25) is 13.9 Å². The number of anilines is 1. The molecule has 0 spiro atoms. The zero-order valence-electron chi connectivity index (χ0n) is 23.6. The summed E-state index contributed by atoms with van der Waals surface area (Å²) in [5.41, 5.74) is 3.36. The van der Waals surface area contributed by atoms with Crippen LogP contribution in [0.2, 0.25) is 5.02 Å². The molecule has 0 saturated heterocycles. The van der Waals surface area contributed by atoms with E-state index < -0.39 is 16.1 Å². The van der Waals surface area contributed by atoms with E-state index in [0.717, 1.165) is 48.6 Å². The third kappa shape index (κ3) is 8.97. The number of hydrogen-bond donors (Lipinski definition) is 1. The lowest BCUT2D eigenvalue weighted by Gasteiger charge is -2.33. The van der Waals surface area contributed by atoms with Crippen molar-refractivity contribution in [2.24, 2.45) is 0 Å². The zero-order chi connectivity index (χ0) is 28.6. The quantitative estimate of drug-likeness (QED) is 0.349. The largest absolute Gasteiger partial charge is 0.352 e. The van der Waals surface area contributed by atoms with Crippen molar-refractivity contribution in [1.29, 1.82) is 0 Å². The highest BCUT2D eigenvalue weighted by Gasteiger charge is 2.30. The van der Waals surface area contributed by atoms with Crippen LogP contribution in [0.5, 0.6) is 0 Å². The number of benzene rings is 2. The molecule has 0 aliphatic heterocycles. The van der Waals surface area contributed by atoms with Gasteiger partial charge in [0.25, 0.3) is 0 Å². The number of hydrogen-bond acceptors (Lipinski definition) is 4. The average Bonchev–Trinajstić information content (AvgIpc) is 2.89. The normalized spacial score (nSPS) is 15.0. The molecular weight excluding hydrogens is 534 g/mol. The number of nitrogens with zero attached hydrogens (tertiary/aromatic N) is 2. The first-order chi connectivity index (χ1) is 18.5. The first kappa shape index (κ1) is 31.0. The van der Waals surface area contributed by atoms with Crippen LogP contribution in [0.15, 0.2) is 42.5 Å². The first-order valence-corrected chi connectivity index (χ1v) is 16.1. The highest BCUT2D eigenvalue weighted by Crippen LogP contribution is 2.27. The number of carbonyl (C=O) groups is 2. The van der Waals surface area contributed by atoms with Crippen LogP contribution in [0, 0.1) is 13.8 Å². The van der Waals surface area contributed by atoms with E-state index in [1.54, 1.807) is 23.1 Å². The van der Waals surface area contributed by atoms with Gasteiger partial charge >= 0.3 is 0 Å². The van der Waals surface area contributed by atoms with Gasteiger partial charge in [0.15, 0.2) is 0 Å². The molecule has 0 unspecified atom stereocenters. The number of halogens is 1. The van der Waals surface area contributed by atoms with Crippen LogP contribution < -0.4 is 9.62 Å². The van der Waals surface area contributed by atoms with Gasteiger partial charge in [-0.25, -0.2) is 8.42 Å². The number of rotatable bonds is 12. The Morgan fingerprint density at radius 1 is 1.05 bits per heavy atom. The summed E-state index contributed by atoms with van der Waals surface area (Å²) >= 11 is 6.15. The predicted molar refractivity (Wildman–Crippen MR) is 158 cm³/mol. The topological polar surface area (TPSA) is 86.8 Å². The molecule has 1 fully saturated rings. The molecule has 214 valence electrons. The molecule has 3 rings (SSSR count). The summed E-state index contributed by atoms with van der Waals surface area (Å²) in [6, 6.07) is 12.6. The smallest absolute Gasteiger partial charge is 0.243 e. The number of nitrogens with one attached hydrogen (secondary N) is 1. The van der Waals surface area contributed by atoms with E-state index >= 15 is 0 Å². The molecule has 39 heavy (non-hydrogen) atoms. The fourth-order valence-electron chi connectivity index (χ4n) is 5.19. The van der Waals surface area contributed by atoms with Crippen LogP contribution in [0.1, 0.15) is 75.0 Å². The third-order valence-corrected chi connectivity index (χ3v) is 8.82. The van der Waals surface area contributed by atoms with E-state index in [2.05, 4.69) is 5.32 Å². The van der Waals surface area contributed by atoms with Gasteiger partial charge in [-0.15, -0.1) is 0 Å². The van der Waals surface area contributed by atoms with Crippen molar-refractivity contribution in [3.8, 4) is 0 Å². The summed E-state index contributed by atoms with van der Waals surface area (Å²) in [6.45, 7) is 6.21. The van der Waals surface area contributed by atoms with Gasteiger partial charge in [-0.2, -0.15) is 0 Å². The Bertz CT molecular complexity index is 1230. The highest BCUT2D eigenvalue weighted by atomic mass is 35.5. The molecule has 7 nitrogen and oxygen atoms in total. The second-order valence-corrected chi connectivity index (χ2v) is 13.0. The maximum Gasteiger partial charge on any atom is 0.243 e. The summed E-state index contributed by atoms with van der Waals surface area (Å²) in [6.07, 6.45) is 7.42. The van der Waals surface area contributed by atoms with Crippen molar-refractivity contribution in [2.45, 2.75) is 90.8 Å². The Morgan fingerprint density at radius 3 is 2.33 bits per heavy atom. The lowest BCUT2D eigenvalue weighted by Crippen LogP contribution is -2.51. The fraction of sp³-hybridized carbons (Fsp3) is 0.533. The Labute approximate surface area is 239 Å². The van der Waals surface area contributed by atoms with E-state index in [1.807, 2.05) is 45.0 Å². The Kier molecular flexibility index (Phi) is 11.2. The average molecular weight is 576 g/mol. The number of carbonyl (C=O) groups excluding carboxylic acids is 2. The molecule has 1 aliphatic carbocycles. The van der Waals surface area contributed by atoms with E-state index in [9.17, 15) is 18.0 Å². The van der Waals surface area contributed by atoms with Crippen LogP contribution in [-0.2, 0) is 26.2 Å². The van der Waals surface area contributed by atoms with Gasteiger partial charge in [0.05, 0.1) is 11.9 Å². The fourth-order valence-corrected chi connectivity index (χ4v) is 6.37. The molecule has 0 radical (unpaired) electrons. The van der Waals surface area contributed by atoms with Crippen molar-refractivity contribution in [2.75, 3.05) is 17.1 Å². The number of sulfonamides is 1. The van der Waals surface area contributed by atoms with Crippen molar-refractivity contribution >= 4 is 39.1 Å². The van der Waals surface area contributed by atoms with Gasteiger partial charge in [0.1, 0.15) is 6.04 Å². The Morgan fingerprint density at radius 2 is 1.72 bits per heavy atom. The van der Waals surface area contributed by atoms with Gasteiger partial charge < -0.3 is 10.2 Å². The van der Waals surface area contributed by atoms with Crippen LogP contribution in [0.3, 0.4) is 0 Å². The molecule has 1 atom stereocenters. The highest BCUT2D eigenvalue weighted by molar-refractivity contribution is 7.92. The van der Waals surface area contributed by atoms with Crippen molar-refractivity contribution in [3.63, 3.8) is 0 Å². The predicted octanol–water partition coefficient (Wildman–Crippen LogP) is 5.76. The van der Waals surface area contributed by atoms with Crippen molar-refractivity contribution in [3.05, 3.63) is 64.2 Å². The molecule has 2 aromatic carbocycles. The maximum absolute atomic E-state index is 13.7. The minimum atomic E-state index is -3.59. The zero-order valence-corrected chi connectivity index (χ0v) is 25.2. The van der Waals surface area contributed by atoms with Gasteiger partial charge in [0.2, 0.25) is 21.8 Å². The van der Waals surface area contributed by atoms with E-state index in [4.69, 9.17) is 11.6 Å². The summed E-state index contributed by atoms with van der Waals surface area (Å²) in [4.78, 5) is 28.7. The maximum atomic E-state index is 13.7. The van der Waals surface area contributed by atoms with E-state index in [0.29, 0.717) is 30.1 Å². The van der Waals surface area contributed by atoms with Gasteiger partial charge in [-0.05, 0) is 62.8 Å². The SMILES string of the molecule is CC[C@@H](C(=O)NC1CCCCC1)N(Cc1ccc(C)cc1)C(=O)CCCN(c1cc(Cl)ccc1C)S(C)(=O)=O. The van der Waals surface area contributed by atoms with Crippen molar-refractivity contribution in [1.82, 2.24) is 10.2 Å². The summed E-state index contributed by atoms with van der Waals surface area (Å²) in [7, 11) is -3.59. The molecule has 1 saturated carbocycles.